The Balaban J connectivity index is 1.62. The minimum Gasteiger partial charge on any atom is -0.492 e. The first-order valence-electron chi connectivity index (χ1n) is 10.7. The Morgan fingerprint density at radius 3 is 2.84 bits per heavy atom. The van der Waals surface area contributed by atoms with E-state index >= 15 is 0 Å². The highest BCUT2D eigenvalue weighted by Gasteiger charge is 2.24. The maximum absolute atomic E-state index is 10.8. The van der Waals surface area contributed by atoms with Crippen LogP contribution in [0.5, 0.6) is 17.4 Å². The molecule has 1 aromatic carbocycles. The summed E-state index contributed by atoms with van der Waals surface area (Å²) >= 11 is 0. The van der Waals surface area contributed by atoms with Gasteiger partial charge in [-0.3, -0.25) is 4.99 Å². The lowest BCUT2D eigenvalue weighted by Gasteiger charge is -2.14. The van der Waals surface area contributed by atoms with Crippen molar-refractivity contribution < 1.29 is 19.0 Å². The Morgan fingerprint density at radius 2 is 2.16 bits per heavy atom. The topological polar surface area (TPSA) is 96.0 Å². The largest absolute Gasteiger partial charge is 0.492 e. The molecule has 1 unspecified atom stereocenters. The predicted octanol–water partition coefficient (Wildman–Crippen LogP) is 4.51. The second-order valence-electron chi connectivity index (χ2n) is 8.85. The van der Waals surface area contributed by atoms with E-state index in [0.717, 1.165) is 29.2 Å². The number of aldehydes is 1. The van der Waals surface area contributed by atoms with E-state index in [0.29, 0.717) is 37.0 Å². The van der Waals surface area contributed by atoms with Crippen molar-refractivity contribution in [3.8, 4) is 17.4 Å². The molecule has 0 saturated carbocycles. The van der Waals surface area contributed by atoms with Crippen molar-refractivity contribution in [2.75, 3.05) is 19.9 Å². The van der Waals surface area contributed by atoms with Gasteiger partial charge in [0.1, 0.15) is 24.5 Å². The number of carbonyl (C=O) groups is 1. The molecule has 8 heteroatoms. The highest BCUT2D eigenvalue weighted by atomic mass is 28.3. The summed E-state index contributed by atoms with van der Waals surface area (Å²) in [6, 6.07) is 10.4. The molecule has 1 aromatic heterocycles. The summed E-state index contributed by atoms with van der Waals surface area (Å²) in [5, 5.41) is 0. The van der Waals surface area contributed by atoms with Crippen molar-refractivity contribution in [2.24, 2.45) is 10.7 Å². The van der Waals surface area contributed by atoms with Crippen molar-refractivity contribution >= 4 is 20.1 Å². The molecule has 0 bridgehead atoms. The molecule has 0 saturated heterocycles. The smallest absolute Gasteiger partial charge is 0.219 e. The van der Waals surface area contributed by atoms with Crippen LogP contribution >= 0.6 is 0 Å². The van der Waals surface area contributed by atoms with Crippen LogP contribution in [0, 0.1) is 0 Å². The van der Waals surface area contributed by atoms with Crippen LogP contribution in [0.3, 0.4) is 0 Å². The van der Waals surface area contributed by atoms with Gasteiger partial charge in [0.25, 0.3) is 0 Å². The number of hydrogen-bond acceptors (Lipinski definition) is 7. The number of nitrogens with two attached hydrogens (primary N) is 1. The van der Waals surface area contributed by atoms with Crippen molar-refractivity contribution in [2.45, 2.75) is 38.0 Å². The number of pyridine rings is 1. The predicted molar refractivity (Wildman–Crippen MR) is 129 cm³/mol. The standard InChI is InChI=1S/C24H31N3O4Si/c1-32(2,3)13-12-29-17-27-22(8-10-25)18-4-7-24(26-15-18)31-20-5-6-21-19(9-11-28)16-30-23(21)14-20/h4-8,10-11,14-15,19H,9,12-13,16-17,25H2,1-3H3. The maximum atomic E-state index is 10.8. The zero-order chi connectivity index (χ0) is 23.0. The average Bonchev–Trinajstić information content (AvgIpc) is 3.15. The minimum atomic E-state index is -1.12. The van der Waals surface area contributed by atoms with Crippen molar-refractivity contribution in [1.82, 2.24) is 4.98 Å². The Kier molecular flexibility index (Phi) is 8.18. The van der Waals surface area contributed by atoms with E-state index in [-0.39, 0.29) is 12.6 Å². The summed E-state index contributed by atoms with van der Waals surface area (Å²) in [4.78, 5) is 19.7. The number of aromatic nitrogens is 1. The molecule has 0 radical (unpaired) electrons. The summed E-state index contributed by atoms with van der Waals surface area (Å²) in [6.45, 7) is 8.46. The first-order valence-corrected chi connectivity index (χ1v) is 14.5. The van der Waals surface area contributed by atoms with Gasteiger partial charge in [-0.15, -0.1) is 0 Å². The third kappa shape index (κ3) is 6.76. The molecule has 2 aromatic rings. The lowest BCUT2D eigenvalue weighted by Crippen LogP contribution is -2.21. The number of aliphatic imine (C=N–C) groups is 1. The van der Waals surface area contributed by atoms with E-state index < -0.39 is 8.07 Å². The van der Waals surface area contributed by atoms with Gasteiger partial charge in [-0.1, -0.05) is 25.7 Å². The highest BCUT2D eigenvalue weighted by Crippen LogP contribution is 2.38. The number of rotatable bonds is 11. The highest BCUT2D eigenvalue weighted by molar-refractivity contribution is 6.76. The molecule has 1 aliphatic heterocycles. The van der Waals surface area contributed by atoms with E-state index in [2.05, 4.69) is 29.6 Å². The third-order valence-corrected chi connectivity index (χ3v) is 6.78. The van der Waals surface area contributed by atoms with Crippen LogP contribution in [-0.4, -0.2) is 45.0 Å². The maximum Gasteiger partial charge on any atom is 0.219 e. The van der Waals surface area contributed by atoms with Gasteiger partial charge in [0.05, 0.1) is 12.3 Å². The third-order valence-electron chi connectivity index (χ3n) is 5.08. The lowest BCUT2D eigenvalue weighted by molar-refractivity contribution is -0.108. The number of hydrogen-bond donors (Lipinski definition) is 1. The normalized spacial score (nSPS) is 16.1. The molecular weight excluding hydrogens is 422 g/mol. The SMILES string of the molecule is C[Si](C)(C)CCOCN=C(C=CN)c1ccc(Oc2ccc3c(c2)OCC3CC=O)nc1. The van der Waals surface area contributed by atoms with E-state index in [4.69, 9.17) is 19.9 Å². The summed E-state index contributed by atoms with van der Waals surface area (Å²) < 4.78 is 17.2. The van der Waals surface area contributed by atoms with Crippen LogP contribution in [0.15, 0.2) is 53.8 Å². The van der Waals surface area contributed by atoms with E-state index in [1.807, 2.05) is 24.3 Å². The molecule has 7 nitrogen and oxygen atoms in total. The Bertz CT molecular complexity index is 968. The van der Waals surface area contributed by atoms with Gasteiger partial charge in [-0.25, -0.2) is 4.98 Å². The second-order valence-corrected chi connectivity index (χ2v) is 14.5. The summed E-state index contributed by atoms with van der Waals surface area (Å²) in [6.07, 6.45) is 6.26. The van der Waals surface area contributed by atoms with Gasteiger partial charge >= 0.3 is 0 Å². The number of fused-ring (bicyclic) bond motifs is 1. The van der Waals surface area contributed by atoms with E-state index in [1.54, 1.807) is 18.3 Å². The number of nitrogens with zero attached hydrogens (tertiary/aromatic N) is 2. The fourth-order valence-electron chi connectivity index (χ4n) is 3.23. The van der Waals surface area contributed by atoms with Gasteiger partial charge in [-0.2, -0.15) is 0 Å². The number of benzene rings is 1. The fraction of sp³-hybridized carbons (Fsp3) is 0.375. The van der Waals surface area contributed by atoms with Crippen LogP contribution in [-0.2, 0) is 9.53 Å². The zero-order valence-electron chi connectivity index (χ0n) is 18.9. The summed E-state index contributed by atoms with van der Waals surface area (Å²) in [5.41, 5.74) is 8.14. The second kappa shape index (κ2) is 11.1. The minimum absolute atomic E-state index is 0.113. The molecule has 1 aliphatic rings. The monoisotopic (exact) mass is 453 g/mol. The molecule has 0 aliphatic carbocycles. The first-order chi connectivity index (χ1) is 15.4. The quantitative estimate of drug-likeness (QED) is 0.233. The number of carbonyl (C=O) groups excluding carboxylic acids is 1. The first kappa shape index (κ1) is 23.7. The average molecular weight is 454 g/mol. The van der Waals surface area contributed by atoms with Gasteiger partial charge in [0.2, 0.25) is 5.88 Å². The molecular formula is C24H31N3O4Si. The number of ether oxygens (including phenoxy) is 3. The Morgan fingerprint density at radius 1 is 1.31 bits per heavy atom. The number of allylic oxidation sites excluding steroid dienone is 1. The van der Waals surface area contributed by atoms with Gasteiger partial charge in [-0.05, 0) is 30.5 Å². The fourth-order valence-corrected chi connectivity index (χ4v) is 3.99. The Hall–Kier alpha value is -2.97. The molecule has 170 valence electrons. The van der Waals surface area contributed by atoms with Crippen molar-refractivity contribution in [3.63, 3.8) is 0 Å². The molecule has 3 rings (SSSR count). The Labute approximate surface area is 190 Å². The van der Waals surface area contributed by atoms with Gasteiger partial charge < -0.3 is 24.7 Å². The van der Waals surface area contributed by atoms with Crippen molar-refractivity contribution in [1.29, 1.82) is 0 Å². The van der Waals surface area contributed by atoms with Crippen LogP contribution < -0.4 is 15.2 Å². The van der Waals surface area contributed by atoms with Crippen LogP contribution in [0.4, 0.5) is 0 Å². The zero-order valence-corrected chi connectivity index (χ0v) is 19.9. The van der Waals surface area contributed by atoms with Crippen LogP contribution in [0.25, 0.3) is 0 Å². The molecule has 2 N–H and O–H groups in total. The summed E-state index contributed by atoms with van der Waals surface area (Å²) in [7, 11) is -1.12. The molecule has 0 fully saturated rings. The van der Waals surface area contributed by atoms with Crippen LogP contribution in [0.1, 0.15) is 23.5 Å². The van der Waals surface area contributed by atoms with Gasteiger partial charge in [0.15, 0.2) is 0 Å². The molecule has 0 spiro atoms. The van der Waals surface area contributed by atoms with E-state index in [9.17, 15) is 4.79 Å². The van der Waals surface area contributed by atoms with Crippen molar-refractivity contribution in [3.05, 3.63) is 59.9 Å². The van der Waals surface area contributed by atoms with E-state index in [1.165, 1.54) is 6.20 Å². The van der Waals surface area contributed by atoms with Gasteiger partial charge in [0, 0.05) is 56.5 Å². The van der Waals surface area contributed by atoms with Crippen LogP contribution in [0.2, 0.25) is 25.7 Å². The summed E-state index contributed by atoms with van der Waals surface area (Å²) in [5.74, 6) is 1.95. The molecule has 32 heavy (non-hydrogen) atoms. The molecule has 2 heterocycles. The lowest BCUT2D eigenvalue weighted by atomic mass is 9.99. The molecule has 0 amide bonds. The molecule has 1 atom stereocenters.